The number of nitriles is 1. The molecule has 0 amide bonds. The van der Waals surface area contributed by atoms with Gasteiger partial charge in [-0.25, -0.2) is 4.98 Å². The van der Waals surface area contributed by atoms with Crippen molar-refractivity contribution < 1.29 is 0 Å². The number of nitrogens with zero attached hydrogens (tertiary/aromatic N) is 4. The van der Waals surface area contributed by atoms with Gasteiger partial charge in [0.05, 0.1) is 12.4 Å². The Bertz CT molecular complexity index is 798. The highest BCUT2D eigenvalue weighted by atomic mass is 35.5. The molecule has 0 spiro atoms. The highest BCUT2D eigenvalue weighted by Gasteiger charge is 2.12. The molecule has 19 heavy (non-hydrogen) atoms. The zero-order valence-corrected chi connectivity index (χ0v) is 10.5. The molecule has 0 fully saturated rings. The van der Waals surface area contributed by atoms with E-state index < -0.39 is 0 Å². The molecule has 0 radical (unpaired) electrons. The lowest BCUT2D eigenvalue weighted by molar-refractivity contribution is 0.948. The van der Waals surface area contributed by atoms with Gasteiger partial charge in [0, 0.05) is 10.6 Å². The van der Waals surface area contributed by atoms with E-state index in [4.69, 9.17) is 22.6 Å². The van der Waals surface area contributed by atoms with Crippen molar-refractivity contribution in [3.8, 4) is 17.2 Å². The van der Waals surface area contributed by atoms with Gasteiger partial charge in [0.25, 0.3) is 0 Å². The smallest absolute Gasteiger partial charge is 0.165 e. The van der Waals surface area contributed by atoms with Crippen LogP contribution in [0.3, 0.4) is 0 Å². The first-order valence-corrected chi connectivity index (χ1v) is 5.87. The molecular weight excluding hydrogens is 262 g/mol. The first kappa shape index (κ1) is 11.5. The van der Waals surface area contributed by atoms with Crippen molar-refractivity contribution in [1.82, 2.24) is 14.6 Å². The Morgan fingerprint density at radius 2 is 1.95 bits per heavy atom. The number of benzene rings is 1. The number of hydrogen-bond acceptors (Lipinski definition) is 4. The van der Waals surface area contributed by atoms with Gasteiger partial charge >= 0.3 is 0 Å². The maximum atomic E-state index is 8.91. The Morgan fingerprint density at radius 1 is 1.21 bits per heavy atom. The van der Waals surface area contributed by atoms with Crippen LogP contribution in [0, 0.1) is 11.3 Å². The first-order chi connectivity index (χ1) is 9.20. The van der Waals surface area contributed by atoms with Crippen molar-refractivity contribution in [2.45, 2.75) is 0 Å². The summed E-state index contributed by atoms with van der Waals surface area (Å²) in [5.41, 5.74) is 8.56. The number of aromatic nitrogens is 3. The highest BCUT2D eigenvalue weighted by Crippen LogP contribution is 2.26. The molecule has 0 aliphatic heterocycles. The van der Waals surface area contributed by atoms with Gasteiger partial charge < -0.3 is 5.73 Å². The fourth-order valence-corrected chi connectivity index (χ4v) is 1.99. The quantitative estimate of drug-likeness (QED) is 0.736. The summed E-state index contributed by atoms with van der Waals surface area (Å²) in [5.74, 6) is 0.285. The van der Waals surface area contributed by atoms with Crippen molar-refractivity contribution >= 4 is 23.1 Å². The van der Waals surface area contributed by atoms with E-state index in [2.05, 4.69) is 10.1 Å². The zero-order valence-electron chi connectivity index (χ0n) is 9.71. The molecule has 6 heteroatoms. The van der Waals surface area contributed by atoms with Crippen molar-refractivity contribution in [1.29, 1.82) is 5.26 Å². The average Bonchev–Trinajstić information content (AvgIpc) is 2.85. The second-order valence-corrected chi connectivity index (χ2v) is 4.41. The second kappa shape index (κ2) is 4.26. The molecule has 1 aromatic carbocycles. The molecule has 0 saturated heterocycles. The van der Waals surface area contributed by atoms with Crippen LogP contribution in [0.2, 0.25) is 5.02 Å². The minimum absolute atomic E-state index is 0.285. The van der Waals surface area contributed by atoms with E-state index >= 15 is 0 Å². The Labute approximate surface area is 113 Å². The maximum absolute atomic E-state index is 8.91. The average molecular weight is 270 g/mol. The third-order valence-corrected chi connectivity index (χ3v) is 3.09. The van der Waals surface area contributed by atoms with E-state index in [1.807, 2.05) is 18.2 Å². The third-order valence-electron chi connectivity index (χ3n) is 2.84. The van der Waals surface area contributed by atoms with Gasteiger partial charge in [0.2, 0.25) is 0 Å². The van der Waals surface area contributed by atoms with Crippen LogP contribution in [-0.2, 0) is 0 Å². The molecule has 0 aliphatic carbocycles. The number of halogens is 1. The van der Waals surface area contributed by atoms with E-state index in [0.717, 1.165) is 11.1 Å². The van der Waals surface area contributed by atoms with Crippen LogP contribution in [0.1, 0.15) is 5.56 Å². The van der Waals surface area contributed by atoms with E-state index in [1.54, 1.807) is 18.3 Å². The van der Waals surface area contributed by atoms with Crippen molar-refractivity contribution in [2.75, 3.05) is 5.73 Å². The topological polar surface area (TPSA) is 80.0 Å². The summed E-state index contributed by atoms with van der Waals surface area (Å²) in [4.78, 5) is 4.24. The maximum Gasteiger partial charge on any atom is 0.165 e. The van der Waals surface area contributed by atoms with Crippen LogP contribution in [0.15, 0.2) is 36.7 Å². The number of nitrogens with two attached hydrogens (primary N) is 1. The number of nitrogen functional groups attached to an aromatic ring is 1. The molecule has 3 aromatic rings. The molecule has 2 N–H and O–H groups in total. The van der Waals surface area contributed by atoms with Gasteiger partial charge in [-0.05, 0) is 17.7 Å². The van der Waals surface area contributed by atoms with Crippen molar-refractivity contribution in [3.63, 3.8) is 0 Å². The molecule has 0 atom stereocenters. The monoisotopic (exact) mass is 269 g/mol. The molecule has 2 heterocycles. The second-order valence-electron chi connectivity index (χ2n) is 3.97. The summed E-state index contributed by atoms with van der Waals surface area (Å²) in [6.45, 7) is 0. The van der Waals surface area contributed by atoms with Gasteiger partial charge in [-0.3, -0.25) is 0 Å². The Morgan fingerprint density at radius 3 is 2.63 bits per heavy atom. The number of hydrogen-bond donors (Lipinski definition) is 1. The molecule has 92 valence electrons. The lowest BCUT2D eigenvalue weighted by Gasteiger charge is -2.02. The lowest BCUT2D eigenvalue weighted by Crippen LogP contribution is -2.02. The molecule has 0 bridgehead atoms. The summed E-state index contributed by atoms with van der Waals surface area (Å²) in [6, 6.07) is 9.34. The fourth-order valence-electron chi connectivity index (χ4n) is 1.87. The van der Waals surface area contributed by atoms with Crippen LogP contribution >= 0.6 is 11.6 Å². The van der Waals surface area contributed by atoms with Crippen LogP contribution in [0.4, 0.5) is 5.82 Å². The van der Waals surface area contributed by atoms with Gasteiger partial charge in [0.1, 0.15) is 17.5 Å². The van der Waals surface area contributed by atoms with Crippen molar-refractivity contribution in [3.05, 3.63) is 47.2 Å². The fraction of sp³-hybridized carbons (Fsp3) is 0. The lowest BCUT2D eigenvalue weighted by atomic mass is 10.1. The van der Waals surface area contributed by atoms with Crippen LogP contribution in [0.25, 0.3) is 16.8 Å². The van der Waals surface area contributed by atoms with E-state index in [1.165, 1.54) is 10.7 Å². The van der Waals surface area contributed by atoms with E-state index in [0.29, 0.717) is 16.2 Å². The third kappa shape index (κ3) is 1.79. The minimum Gasteiger partial charge on any atom is -0.382 e. The minimum atomic E-state index is 0.285. The first-order valence-electron chi connectivity index (χ1n) is 5.49. The van der Waals surface area contributed by atoms with Gasteiger partial charge in [-0.15, -0.1) is 0 Å². The Kier molecular flexibility index (Phi) is 2.58. The Balaban J connectivity index is 2.24. The normalized spacial score (nSPS) is 10.5. The molecule has 2 aromatic heterocycles. The predicted molar refractivity (Wildman–Crippen MR) is 72.6 cm³/mol. The predicted octanol–water partition coefficient (Wildman–Crippen LogP) is 2.50. The SMILES string of the molecule is N#Cc1cnc2c(-c3ccc(Cl)cc3)cnn2c1N. The molecule has 0 unspecified atom stereocenters. The largest absolute Gasteiger partial charge is 0.382 e. The summed E-state index contributed by atoms with van der Waals surface area (Å²) in [7, 11) is 0. The number of rotatable bonds is 1. The van der Waals surface area contributed by atoms with Gasteiger partial charge in [-0.2, -0.15) is 14.9 Å². The summed E-state index contributed by atoms with van der Waals surface area (Å²) in [6.07, 6.45) is 3.12. The molecule has 3 rings (SSSR count). The van der Waals surface area contributed by atoms with E-state index in [9.17, 15) is 0 Å². The summed E-state index contributed by atoms with van der Waals surface area (Å²) >= 11 is 5.86. The summed E-state index contributed by atoms with van der Waals surface area (Å²) < 4.78 is 1.46. The number of anilines is 1. The van der Waals surface area contributed by atoms with Crippen LogP contribution in [-0.4, -0.2) is 14.6 Å². The van der Waals surface area contributed by atoms with Gasteiger partial charge in [-0.1, -0.05) is 23.7 Å². The van der Waals surface area contributed by atoms with Crippen LogP contribution in [0.5, 0.6) is 0 Å². The standard InChI is InChI=1S/C13H8ClN5/c14-10-3-1-8(2-4-10)11-7-18-19-12(16)9(5-15)6-17-13(11)19/h1-4,6-7H,16H2. The molecule has 5 nitrogen and oxygen atoms in total. The summed E-state index contributed by atoms with van der Waals surface area (Å²) in [5, 5.41) is 13.7. The van der Waals surface area contributed by atoms with Crippen LogP contribution < -0.4 is 5.73 Å². The zero-order chi connectivity index (χ0) is 13.4. The van der Waals surface area contributed by atoms with Gasteiger partial charge in [0.15, 0.2) is 5.65 Å². The van der Waals surface area contributed by atoms with E-state index in [-0.39, 0.29) is 5.82 Å². The Hall–Kier alpha value is -2.58. The molecule has 0 aliphatic rings. The molecular formula is C13H8ClN5. The number of fused-ring (bicyclic) bond motifs is 1. The molecule has 0 saturated carbocycles. The van der Waals surface area contributed by atoms with Crippen molar-refractivity contribution in [2.24, 2.45) is 0 Å². The highest BCUT2D eigenvalue weighted by molar-refractivity contribution is 6.30.